The minimum atomic E-state index is -0.738. The van der Waals surface area contributed by atoms with Gasteiger partial charge in [0.05, 0.1) is 17.8 Å². The molecule has 0 fully saturated rings. The molecule has 0 aliphatic rings. The maximum atomic E-state index is 12.0. The highest BCUT2D eigenvalue weighted by atomic mass is 35.5. The molecule has 2 aromatic rings. The first-order valence-electron chi connectivity index (χ1n) is 8.44. The predicted molar refractivity (Wildman–Crippen MR) is 106 cm³/mol. The van der Waals surface area contributed by atoms with Crippen LogP contribution in [0.15, 0.2) is 36.4 Å². The van der Waals surface area contributed by atoms with Gasteiger partial charge in [-0.05, 0) is 49.2 Å². The van der Waals surface area contributed by atoms with Crippen molar-refractivity contribution in [1.29, 1.82) is 0 Å². The molecule has 0 unspecified atom stereocenters. The van der Waals surface area contributed by atoms with Crippen molar-refractivity contribution < 1.29 is 23.9 Å². The summed E-state index contributed by atoms with van der Waals surface area (Å²) in [6.45, 7) is 2.85. The summed E-state index contributed by atoms with van der Waals surface area (Å²) in [6, 6.07) is 10.1. The third-order valence-electron chi connectivity index (χ3n) is 3.79. The molecule has 8 heteroatoms. The van der Waals surface area contributed by atoms with Crippen LogP contribution in [-0.2, 0) is 14.3 Å². The molecule has 0 aliphatic heterocycles. The lowest BCUT2D eigenvalue weighted by Gasteiger charge is -2.12. The fraction of sp³-hybridized carbons (Fsp3) is 0.250. The van der Waals surface area contributed by atoms with Gasteiger partial charge in [-0.1, -0.05) is 23.7 Å². The lowest BCUT2D eigenvalue weighted by Crippen LogP contribution is -2.32. The van der Waals surface area contributed by atoms with Crippen molar-refractivity contribution in [2.45, 2.75) is 13.8 Å². The standard InChI is InChI=1S/C20H21ClN2O5/c1-12-7-13(2)19(16(21)8-12)23-17(24)11-28-18(25)10-22-20(26)14-5-4-6-15(9-14)27-3/h4-9H,10-11H2,1-3H3,(H,22,26)(H,23,24). The molecular formula is C20H21ClN2O5. The molecule has 0 atom stereocenters. The van der Waals surface area contributed by atoms with Gasteiger partial charge in [-0.3, -0.25) is 14.4 Å². The molecule has 0 saturated heterocycles. The number of esters is 1. The Hall–Kier alpha value is -3.06. The second-order valence-corrected chi connectivity index (χ2v) is 6.47. The first-order valence-corrected chi connectivity index (χ1v) is 8.82. The second kappa shape index (κ2) is 9.75. The Morgan fingerprint density at radius 2 is 1.86 bits per heavy atom. The van der Waals surface area contributed by atoms with Gasteiger partial charge in [0, 0.05) is 5.56 Å². The van der Waals surface area contributed by atoms with E-state index in [2.05, 4.69) is 10.6 Å². The number of carbonyl (C=O) groups is 3. The largest absolute Gasteiger partial charge is 0.497 e. The van der Waals surface area contributed by atoms with E-state index in [4.69, 9.17) is 21.1 Å². The topological polar surface area (TPSA) is 93.7 Å². The number of amides is 2. The Morgan fingerprint density at radius 3 is 2.54 bits per heavy atom. The van der Waals surface area contributed by atoms with E-state index in [1.54, 1.807) is 30.3 Å². The van der Waals surface area contributed by atoms with Crippen LogP contribution < -0.4 is 15.4 Å². The van der Waals surface area contributed by atoms with E-state index in [0.717, 1.165) is 11.1 Å². The average molecular weight is 405 g/mol. The first kappa shape index (κ1) is 21.2. The molecule has 0 saturated carbocycles. The van der Waals surface area contributed by atoms with Crippen LogP contribution in [0.5, 0.6) is 5.75 Å². The maximum Gasteiger partial charge on any atom is 0.325 e. The van der Waals surface area contributed by atoms with E-state index in [-0.39, 0.29) is 6.54 Å². The van der Waals surface area contributed by atoms with Crippen LogP contribution in [0.25, 0.3) is 0 Å². The van der Waals surface area contributed by atoms with Gasteiger partial charge >= 0.3 is 5.97 Å². The minimum absolute atomic E-state index is 0.342. The summed E-state index contributed by atoms with van der Waals surface area (Å²) in [5.74, 6) is -1.20. The molecule has 2 rings (SSSR count). The molecule has 0 radical (unpaired) electrons. The number of ether oxygens (including phenoxy) is 2. The molecule has 0 heterocycles. The summed E-state index contributed by atoms with van der Waals surface area (Å²) in [6.07, 6.45) is 0. The van der Waals surface area contributed by atoms with E-state index in [1.165, 1.54) is 7.11 Å². The van der Waals surface area contributed by atoms with Crippen molar-refractivity contribution in [3.63, 3.8) is 0 Å². The Labute approximate surface area is 168 Å². The number of carbonyl (C=O) groups excluding carboxylic acids is 3. The molecule has 2 amide bonds. The summed E-state index contributed by atoms with van der Waals surface area (Å²) in [4.78, 5) is 35.8. The van der Waals surface area contributed by atoms with Crippen LogP contribution in [0.3, 0.4) is 0 Å². The maximum absolute atomic E-state index is 12.0. The minimum Gasteiger partial charge on any atom is -0.497 e. The van der Waals surface area contributed by atoms with Crippen molar-refractivity contribution in [2.75, 3.05) is 25.6 Å². The van der Waals surface area contributed by atoms with Gasteiger partial charge in [-0.25, -0.2) is 0 Å². The molecule has 2 aromatic carbocycles. The Bertz CT molecular complexity index is 875. The van der Waals surface area contributed by atoms with Crippen LogP contribution in [0.2, 0.25) is 5.02 Å². The Balaban J connectivity index is 1.80. The van der Waals surface area contributed by atoms with Gasteiger partial charge in [0.1, 0.15) is 12.3 Å². The van der Waals surface area contributed by atoms with Crippen molar-refractivity contribution in [3.05, 3.63) is 58.1 Å². The molecule has 0 aliphatic carbocycles. The zero-order chi connectivity index (χ0) is 20.7. The molecule has 0 aromatic heterocycles. The van der Waals surface area contributed by atoms with E-state index < -0.39 is 24.4 Å². The van der Waals surface area contributed by atoms with Crippen LogP contribution in [0.1, 0.15) is 21.5 Å². The van der Waals surface area contributed by atoms with Gasteiger partial charge in [0.2, 0.25) is 0 Å². The van der Waals surface area contributed by atoms with Crippen LogP contribution >= 0.6 is 11.6 Å². The molecule has 0 spiro atoms. The van der Waals surface area contributed by atoms with Crippen molar-refractivity contribution in [1.82, 2.24) is 5.32 Å². The summed E-state index contributed by atoms with van der Waals surface area (Å²) >= 11 is 6.13. The van der Waals surface area contributed by atoms with Gasteiger partial charge in [0.15, 0.2) is 6.61 Å². The molecule has 28 heavy (non-hydrogen) atoms. The van der Waals surface area contributed by atoms with Gasteiger partial charge in [-0.15, -0.1) is 0 Å². The quantitative estimate of drug-likeness (QED) is 0.692. The number of methoxy groups -OCH3 is 1. The second-order valence-electron chi connectivity index (χ2n) is 6.06. The third-order valence-corrected chi connectivity index (χ3v) is 4.08. The van der Waals surface area contributed by atoms with Crippen molar-refractivity contribution in [2.24, 2.45) is 0 Å². The van der Waals surface area contributed by atoms with Gasteiger partial charge in [-0.2, -0.15) is 0 Å². The fourth-order valence-electron chi connectivity index (χ4n) is 2.47. The zero-order valence-corrected chi connectivity index (χ0v) is 16.6. The van der Waals surface area contributed by atoms with Gasteiger partial charge in [0.25, 0.3) is 11.8 Å². The number of aryl methyl sites for hydroxylation is 2. The molecule has 7 nitrogen and oxygen atoms in total. The van der Waals surface area contributed by atoms with Crippen molar-refractivity contribution in [3.8, 4) is 5.75 Å². The summed E-state index contributed by atoms with van der Waals surface area (Å²) < 4.78 is 9.92. The van der Waals surface area contributed by atoms with Crippen LogP contribution in [0, 0.1) is 13.8 Å². The number of rotatable bonds is 7. The third kappa shape index (κ3) is 5.99. The number of hydrogen-bond donors (Lipinski definition) is 2. The van der Waals surface area contributed by atoms with Crippen LogP contribution in [-0.4, -0.2) is 38.0 Å². The lowest BCUT2D eigenvalue weighted by molar-refractivity contribution is -0.146. The highest BCUT2D eigenvalue weighted by Crippen LogP contribution is 2.27. The van der Waals surface area contributed by atoms with E-state index in [1.807, 2.05) is 19.9 Å². The van der Waals surface area contributed by atoms with E-state index in [0.29, 0.717) is 22.0 Å². The van der Waals surface area contributed by atoms with Crippen molar-refractivity contribution >= 4 is 35.1 Å². The van der Waals surface area contributed by atoms with E-state index >= 15 is 0 Å². The highest BCUT2D eigenvalue weighted by Gasteiger charge is 2.13. The Kier molecular flexibility index (Phi) is 7.40. The SMILES string of the molecule is COc1cccc(C(=O)NCC(=O)OCC(=O)Nc2c(C)cc(C)cc2Cl)c1. The summed E-state index contributed by atoms with van der Waals surface area (Å²) in [5.41, 5.74) is 2.59. The molecular weight excluding hydrogens is 384 g/mol. The number of nitrogens with one attached hydrogen (secondary N) is 2. The van der Waals surface area contributed by atoms with Crippen LogP contribution in [0.4, 0.5) is 5.69 Å². The first-order chi connectivity index (χ1) is 13.3. The summed E-state index contributed by atoms with van der Waals surface area (Å²) in [5, 5.41) is 5.45. The molecule has 148 valence electrons. The summed E-state index contributed by atoms with van der Waals surface area (Å²) in [7, 11) is 1.49. The van der Waals surface area contributed by atoms with Gasteiger partial charge < -0.3 is 20.1 Å². The molecule has 0 bridgehead atoms. The number of anilines is 1. The Morgan fingerprint density at radius 1 is 1.11 bits per heavy atom. The number of benzene rings is 2. The lowest BCUT2D eigenvalue weighted by atomic mass is 10.1. The smallest absolute Gasteiger partial charge is 0.325 e. The van der Waals surface area contributed by atoms with E-state index in [9.17, 15) is 14.4 Å². The molecule has 2 N–H and O–H groups in total. The zero-order valence-electron chi connectivity index (χ0n) is 15.8. The normalized spacial score (nSPS) is 10.1. The predicted octanol–water partition coefficient (Wildman–Crippen LogP) is 2.88. The number of halogens is 1. The fourth-order valence-corrected chi connectivity index (χ4v) is 2.83. The average Bonchev–Trinajstić information content (AvgIpc) is 2.67. The monoisotopic (exact) mass is 404 g/mol. The highest BCUT2D eigenvalue weighted by molar-refractivity contribution is 6.34. The number of hydrogen-bond acceptors (Lipinski definition) is 5.